The predicted octanol–water partition coefficient (Wildman–Crippen LogP) is 2.48. The third-order valence-electron chi connectivity index (χ3n) is 4.74. The van der Waals surface area contributed by atoms with Gasteiger partial charge in [0.2, 0.25) is 11.8 Å². The molecule has 1 aromatic rings. The molecule has 0 spiro atoms. The van der Waals surface area contributed by atoms with Crippen molar-refractivity contribution in [1.29, 1.82) is 0 Å². The van der Waals surface area contributed by atoms with Crippen molar-refractivity contribution in [2.75, 3.05) is 4.90 Å². The number of carbonyl (C=O) groups excluding carboxylic acids is 2. The number of amides is 2. The molecule has 2 amide bonds. The minimum Gasteiger partial charge on any atom is -0.362 e. The van der Waals surface area contributed by atoms with Crippen molar-refractivity contribution in [3.8, 4) is 0 Å². The Morgan fingerprint density at radius 3 is 2.76 bits per heavy atom. The van der Waals surface area contributed by atoms with Gasteiger partial charge in [0.25, 0.3) is 0 Å². The third-order valence-corrected chi connectivity index (χ3v) is 4.98. The largest absolute Gasteiger partial charge is 0.362 e. The molecule has 2 bridgehead atoms. The molecule has 0 saturated carbocycles. The molecule has 4 rings (SSSR count). The van der Waals surface area contributed by atoms with Gasteiger partial charge in [-0.25, -0.2) is 4.90 Å². The number of halogens is 1. The lowest BCUT2D eigenvalue weighted by Crippen LogP contribution is -2.38. The molecule has 3 heterocycles. The van der Waals surface area contributed by atoms with E-state index < -0.39 is 17.4 Å². The topological polar surface area (TPSA) is 46.6 Å². The summed E-state index contributed by atoms with van der Waals surface area (Å²) in [6, 6.07) is 5.24. The molecule has 4 nitrogen and oxygen atoms in total. The van der Waals surface area contributed by atoms with Crippen LogP contribution in [0.3, 0.4) is 0 Å². The number of carbonyl (C=O) groups is 2. The first-order chi connectivity index (χ1) is 9.92. The van der Waals surface area contributed by atoms with E-state index in [4.69, 9.17) is 16.3 Å². The van der Waals surface area contributed by atoms with Crippen molar-refractivity contribution in [3.63, 3.8) is 0 Å². The summed E-state index contributed by atoms with van der Waals surface area (Å²) in [5.74, 6) is -1.22. The van der Waals surface area contributed by atoms with E-state index in [9.17, 15) is 9.59 Å². The average Bonchev–Trinajstić information content (AvgIpc) is 3.03. The van der Waals surface area contributed by atoms with Crippen molar-refractivity contribution in [2.24, 2.45) is 11.8 Å². The number of imide groups is 1. The molecule has 0 radical (unpaired) electrons. The summed E-state index contributed by atoms with van der Waals surface area (Å²) >= 11 is 6.02. The lowest BCUT2D eigenvalue weighted by molar-refractivity contribution is -0.126. The van der Waals surface area contributed by atoms with E-state index in [0.717, 1.165) is 5.56 Å². The first kappa shape index (κ1) is 13.0. The van der Waals surface area contributed by atoms with E-state index in [1.165, 1.54) is 4.90 Å². The van der Waals surface area contributed by atoms with Crippen LogP contribution in [0.5, 0.6) is 0 Å². The summed E-state index contributed by atoms with van der Waals surface area (Å²) in [6.07, 6.45) is 3.50. The minimum absolute atomic E-state index is 0.187. The quantitative estimate of drug-likeness (QED) is 0.591. The first-order valence-corrected chi connectivity index (χ1v) is 7.31. The fourth-order valence-electron chi connectivity index (χ4n) is 3.71. The number of anilines is 1. The Balaban J connectivity index is 1.82. The Kier molecular flexibility index (Phi) is 2.46. The Hall–Kier alpha value is -1.65. The van der Waals surface area contributed by atoms with Crippen LogP contribution in [0.25, 0.3) is 0 Å². The summed E-state index contributed by atoms with van der Waals surface area (Å²) < 4.78 is 5.80. The van der Waals surface area contributed by atoms with E-state index in [1.54, 1.807) is 12.1 Å². The second kappa shape index (κ2) is 3.96. The summed E-state index contributed by atoms with van der Waals surface area (Å²) in [5, 5.41) is 0.511. The number of ether oxygens (including phenoxy) is 1. The molecular formula is C16H14ClNO3. The van der Waals surface area contributed by atoms with E-state index in [-0.39, 0.29) is 17.9 Å². The van der Waals surface area contributed by atoms with Crippen LogP contribution in [0, 0.1) is 18.8 Å². The van der Waals surface area contributed by atoms with Crippen molar-refractivity contribution in [2.45, 2.75) is 25.6 Å². The van der Waals surface area contributed by atoms with Crippen LogP contribution in [0.4, 0.5) is 5.69 Å². The van der Waals surface area contributed by atoms with Gasteiger partial charge in [-0.15, -0.1) is 0 Å². The average molecular weight is 304 g/mol. The van der Waals surface area contributed by atoms with E-state index in [2.05, 4.69) is 0 Å². The fraction of sp³-hybridized carbons (Fsp3) is 0.375. The molecule has 0 aromatic heterocycles. The molecule has 0 unspecified atom stereocenters. The van der Waals surface area contributed by atoms with Crippen LogP contribution in [-0.2, 0) is 14.3 Å². The Bertz CT molecular complexity index is 713. The normalized spacial score (nSPS) is 36.7. The number of hydrogen-bond acceptors (Lipinski definition) is 3. The van der Waals surface area contributed by atoms with E-state index >= 15 is 0 Å². The van der Waals surface area contributed by atoms with Crippen LogP contribution >= 0.6 is 11.6 Å². The summed E-state index contributed by atoms with van der Waals surface area (Å²) in [5.41, 5.74) is 0.769. The molecular weight excluding hydrogens is 290 g/mol. The lowest BCUT2D eigenvalue weighted by atomic mass is 9.78. The van der Waals surface area contributed by atoms with Crippen LogP contribution in [0.1, 0.15) is 12.5 Å². The number of aryl methyl sites for hydroxylation is 1. The number of nitrogens with zero attached hydrogens (tertiary/aromatic N) is 1. The van der Waals surface area contributed by atoms with Crippen molar-refractivity contribution >= 4 is 29.1 Å². The highest BCUT2D eigenvalue weighted by atomic mass is 35.5. The van der Waals surface area contributed by atoms with Gasteiger partial charge in [-0.05, 0) is 31.5 Å². The molecule has 108 valence electrons. The third kappa shape index (κ3) is 1.54. The molecule has 3 aliphatic heterocycles. The Morgan fingerprint density at radius 2 is 2.05 bits per heavy atom. The second-order valence-corrected chi connectivity index (χ2v) is 6.51. The Morgan fingerprint density at radius 1 is 1.29 bits per heavy atom. The van der Waals surface area contributed by atoms with Gasteiger partial charge in [0.15, 0.2) is 0 Å². The molecule has 3 aliphatic rings. The highest BCUT2D eigenvalue weighted by Crippen LogP contribution is 2.52. The van der Waals surface area contributed by atoms with Gasteiger partial charge in [-0.3, -0.25) is 9.59 Å². The zero-order valence-corrected chi connectivity index (χ0v) is 12.4. The van der Waals surface area contributed by atoms with Gasteiger partial charge in [-0.1, -0.05) is 29.8 Å². The van der Waals surface area contributed by atoms with Crippen LogP contribution < -0.4 is 4.90 Å². The molecule has 0 N–H and O–H groups in total. The molecule has 0 aliphatic carbocycles. The first-order valence-electron chi connectivity index (χ1n) is 6.93. The lowest BCUT2D eigenvalue weighted by Gasteiger charge is -2.24. The van der Waals surface area contributed by atoms with Crippen molar-refractivity contribution in [3.05, 3.63) is 40.9 Å². The van der Waals surface area contributed by atoms with Crippen LogP contribution in [0.15, 0.2) is 30.4 Å². The SMILES string of the molecule is Cc1ccc(Cl)cc1N1C(=O)[C@H]2[C@@H]3C=C[C@](C)(O3)[C@@H]2C1=O. The number of fused-ring (bicyclic) bond motifs is 5. The standard InChI is InChI=1S/C16H14ClNO3/c1-8-3-4-9(17)7-10(8)18-14(19)12-11-5-6-16(2,21-11)13(12)15(18)20/h3-7,11-13H,1-2H3/t11-,12-,13-,16-/m0/s1. The molecule has 1 aromatic carbocycles. The zero-order chi connectivity index (χ0) is 14.9. The summed E-state index contributed by atoms with van der Waals surface area (Å²) in [6.45, 7) is 3.74. The van der Waals surface area contributed by atoms with Crippen molar-refractivity contribution in [1.82, 2.24) is 0 Å². The molecule has 2 fully saturated rings. The monoisotopic (exact) mass is 303 g/mol. The molecule has 5 heteroatoms. The maximum absolute atomic E-state index is 12.8. The maximum Gasteiger partial charge on any atom is 0.241 e. The number of hydrogen-bond donors (Lipinski definition) is 0. The van der Waals surface area contributed by atoms with E-state index in [1.807, 2.05) is 32.1 Å². The highest BCUT2D eigenvalue weighted by molar-refractivity contribution is 6.31. The van der Waals surface area contributed by atoms with Crippen molar-refractivity contribution < 1.29 is 14.3 Å². The van der Waals surface area contributed by atoms with E-state index in [0.29, 0.717) is 10.7 Å². The fourth-order valence-corrected chi connectivity index (χ4v) is 3.88. The predicted molar refractivity (Wildman–Crippen MR) is 78.1 cm³/mol. The minimum atomic E-state index is -0.663. The van der Waals surface area contributed by atoms with Gasteiger partial charge in [0, 0.05) is 5.02 Å². The number of benzene rings is 1. The van der Waals surface area contributed by atoms with Gasteiger partial charge >= 0.3 is 0 Å². The van der Waals surface area contributed by atoms with Gasteiger partial charge in [-0.2, -0.15) is 0 Å². The maximum atomic E-state index is 12.8. The zero-order valence-electron chi connectivity index (χ0n) is 11.7. The summed E-state index contributed by atoms with van der Waals surface area (Å²) in [7, 11) is 0. The Labute approximate surface area is 127 Å². The van der Waals surface area contributed by atoms with Gasteiger partial charge < -0.3 is 4.74 Å². The second-order valence-electron chi connectivity index (χ2n) is 6.07. The molecule has 2 saturated heterocycles. The van der Waals surface area contributed by atoms with Crippen LogP contribution in [-0.4, -0.2) is 23.5 Å². The molecule has 4 atom stereocenters. The smallest absolute Gasteiger partial charge is 0.241 e. The molecule has 21 heavy (non-hydrogen) atoms. The van der Waals surface area contributed by atoms with Gasteiger partial charge in [0.05, 0.1) is 29.2 Å². The highest BCUT2D eigenvalue weighted by Gasteiger charge is 2.66. The number of rotatable bonds is 1. The van der Waals surface area contributed by atoms with Crippen LogP contribution in [0.2, 0.25) is 5.02 Å². The summed E-state index contributed by atoms with van der Waals surface area (Å²) in [4.78, 5) is 26.8. The van der Waals surface area contributed by atoms with Gasteiger partial charge in [0.1, 0.15) is 0 Å².